The van der Waals surface area contributed by atoms with E-state index in [1.165, 1.54) is 0 Å². The van der Waals surface area contributed by atoms with Gasteiger partial charge in [-0.05, 0) is 51.4 Å². The summed E-state index contributed by atoms with van der Waals surface area (Å²) in [6, 6.07) is 14.3. The van der Waals surface area contributed by atoms with Gasteiger partial charge >= 0.3 is 0 Å². The number of carbonyl (C=O) groups is 2. The molecule has 0 fully saturated rings. The molecule has 0 aromatic heterocycles. The molecule has 0 aliphatic rings. The number of rotatable bonds is 6. The molecule has 2 rings (SSSR count). The number of likely N-dealkylation sites (N-methyl/N-ethyl adjacent to an activating group) is 1. The summed E-state index contributed by atoms with van der Waals surface area (Å²) in [4.78, 5) is 26.5. The number of hydrogen-bond donors (Lipinski definition) is 2. The summed E-state index contributed by atoms with van der Waals surface area (Å²) < 4.78 is 0. The summed E-state index contributed by atoms with van der Waals surface area (Å²) in [6.07, 6.45) is 0. The van der Waals surface area contributed by atoms with Crippen molar-refractivity contribution in [3.63, 3.8) is 0 Å². The molecule has 126 valence electrons. The molecule has 5 nitrogen and oxygen atoms in total. The van der Waals surface area contributed by atoms with Crippen molar-refractivity contribution >= 4 is 17.5 Å². The van der Waals surface area contributed by atoms with Crippen LogP contribution in [0.1, 0.15) is 26.3 Å². The third kappa shape index (κ3) is 5.21. The third-order valence-electron chi connectivity index (χ3n) is 3.54. The molecule has 0 saturated carbocycles. The quantitative estimate of drug-likeness (QED) is 0.858. The number of amides is 2. The maximum atomic E-state index is 12.3. The Morgan fingerprint density at radius 2 is 1.58 bits per heavy atom. The van der Waals surface area contributed by atoms with E-state index in [9.17, 15) is 9.59 Å². The van der Waals surface area contributed by atoms with Crippen molar-refractivity contribution in [1.29, 1.82) is 0 Å². The molecular formula is C19H23N3O2. The van der Waals surface area contributed by atoms with E-state index in [1.807, 2.05) is 50.2 Å². The first-order valence-corrected chi connectivity index (χ1v) is 7.87. The maximum Gasteiger partial charge on any atom is 0.255 e. The Hall–Kier alpha value is -2.66. The summed E-state index contributed by atoms with van der Waals surface area (Å²) in [6.45, 7) is 3.31. The van der Waals surface area contributed by atoms with Crippen LogP contribution >= 0.6 is 0 Å². The topological polar surface area (TPSA) is 61.4 Å². The van der Waals surface area contributed by atoms with Crippen molar-refractivity contribution in [3.8, 4) is 0 Å². The second kappa shape index (κ2) is 8.26. The SMILES string of the molecule is Cc1ccc(NC(=O)c2cccc(C(=O)NCCN(C)C)c2)cc1. The summed E-state index contributed by atoms with van der Waals surface area (Å²) in [5.74, 6) is -0.413. The van der Waals surface area contributed by atoms with Crippen LogP contribution in [0.4, 0.5) is 5.69 Å². The lowest BCUT2D eigenvalue weighted by Crippen LogP contribution is -2.31. The highest BCUT2D eigenvalue weighted by Crippen LogP contribution is 2.12. The van der Waals surface area contributed by atoms with E-state index in [2.05, 4.69) is 10.6 Å². The Labute approximate surface area is 142 Å². The zero-order valence-corrected chi connectivity index (χ0v) is 14.3. The number of carbonyl (C=O) groups excluding carboxylic acids is 2. The second-order valence-corrected chi connectivity index (χ2v) is 5.96. The second-order valence-electron chi connectivity index (χ2n) is 5.96. The largest absolute Gasteiger partial charge is 0.351 e. The molecule has 2 N–H and O–H groups in total. The van der Waals surface area contributed by atoms with Crippen LogP contribution in [-0.4, -0.2) is 43.9 Å². The fourth-order valence-corrected chi connectivity index (χ4v) is 2.14. The molecule has 0 bridgehead atoms. The number of aryl methyl sites for hydroxylation is 1. The fourth-order valence-electron chi connectivity index (χ4n) is 2.14. The first-order valence-electron chi connectivity index (χ1n) is 7.87. The molecule has 0 spiro atoms. The fraction of sp³-hybridized carbons (Fsp3) is 0.263. The molecule has 2 amide bonds. The van der Waals surface area contributed by atoms with Gasteiger partial charge in [0.25, 0.3) is 11.8 Å². The summed E-state index contributed by atoms with van der Waals surface area (Å²) in [5, 5.41) is 5.67. The minimum absolute atomic E-state index is 0.179. The van der Waals surface area contributed by atoms with Crippen LogP contribution in [0.3, 0.4) is 0 Å². The van der Waals surface area contributed by atoms with E-state index in [1.54, 1.807) is 24.3 Å². The molecule has 2 aromatic rings. The van der Waals surface area contributed by atoms with Crippen LogP contribution < -0.4 is 10.6 Å². The van der Waals surface area contributed by atoms with Gasteiger partial charge in [-0.15, -0.1) is 0 Å². The van der Waals surface area contributed by atoms with Crippen molar-refractivity contribution < 1.29 is 9.59 Å². The van der Waals surface area contributed by atoms with Crippen molar-refractivity contribution in [2.75, 3.05) is 32.5 Å². The van der Waals surface area contributed by atoms with Gasteiger partial charge in [0.05, 0.1) is 0 Å². The van der Waals surface area contributed by atoms with E-state index in [4.69, 9.17) is 0 Å². The van der Waals surface area contributed by atoms with Gasteiger partial charge in [-0.3, -0.25) is 9.59 Å². The zero-order chi connectivity index (χ0) is 17.5. The standard InChI is InChI=1S/C19H23N3O2/c1-14-7-9-17(10-8-14)21-19(24)16-6-4-5-15(13-16)18(23)20-11-12-22(2)3/h4-10,13H,11-12H2,1-3H3,(H,20,23)(H,21,24). The number of hydrogen-bond acceptors (Lipinski definition) is 3. The van der Waals surface area contributed by atoms with E-state index in [0.717, 1.165) is 17.8 Å². The van der Waals surface area contributed by atoms with E-state index >= 15 is 0 Å². The third-order valence-corrected chi connectivity index (χ3v) is 3.54. The minimum Gasteiger partial charge on any atom is -0.351 e. The molecule has 24 heavy (non-hydrogen) atoms. The normalized spacial score (nSPS) is 10.5. The van der Waals surface area contributed by atoms with E-state index < -0.39 is 0 Å². The zero-order valence-electron chi connectivity index (χ0n) is 14.3. The lowest BCUT2D eigenvalue weighted by Gasteiger charge is -2.11. The molecule has 0 radical (unpaired) electrons. The molecule has 5 heteroatoms. The van der Waals surface area contributed by atoms with Gasteiger partial charge in [0.15, 0.2) is 0 Å². The Balaban J connectivity index is 2.02. The lowest BCUT2D eigenvalue weighted by atomic mass is 10.1. The smallest absolute Gasteiger partial charge is 0.255 e. The Bertz CT molecular complexity index is 709. The molecule has 2 aromatic carbocycles. The molecule has 0 unspecified atom stereocenters. The first kappa shape index (κ1) is 17.7. The van der Waals surface area contributed by atoms with Gasteiger partial charge in [-0.25, -0.2) is 0 Å². The predicted molar refractivity (Wildman–Crippen MR) is 96.5 cm³/mol. The summed E-state index contributed by atoms with van der Waals surface area (Å²) in [7, 11) is 3.89. The Morgan fingerprint density at radius 3 is 2.21 bits per heavy atom. The molecule has 0 atom stereocenters. The minimum atomic E-state index is -0.234. The van der Waals surface area contributed by atoms with Crippen LogP contribution in [0.5, 0.6) is 0 Å². The van der Waals surface area contributed by atoms with E-state index in [0.29, 0.717) is 17.7 Å². The monoisotopic (exact) mass is 325 g/mol. The van der Waals surface area contributed by atoms with Crippen LogP contribution in [0.2, 0.25) is 0 Å². The number of nitrogens with one attached hydrogen (secondary N) is 2. The first-order chi connectivity index (χ1) is 11.5. The van der Waals surface area contributed by atoms with Gasteiger partial charge in [0.2, 0.25) is 0 Å². The highest BCUT2D eigenvalue weighted by Gasteiger charge is 2.10. The van der Waals surface area contributed by atoms with Crippen LogP contribution in [0, 0.1) is 6.92 Å². The van der Waals surface area contributed by atoms with Gasteiger partial charge < -0.3 is 15.5 Å². The summed E-state index contributed by atoms with van der Waals surface area (Å²) >= 11 is 0. The number of anilines is 1. The number of nitrogens with zero attached hydrogens (tertiary/aromatic N) is 1. The van der Waals surface area contributed by atoms with Crippen LogP contribution in [-0.2, 0) is 0 Å². The highest BCUT2D eigenvalue weighted by atomic mass is 16.2. The van der Waals surface area contributed by atoms with Crippen LogP contribution in [0.25, 0.3) is 0 Å². The number of benzene rings is 2. The average molecular weight is 325 g/mol. The summed E-state index contributed by atoms with van der Waals surface area (Å²) in [5.41, 5.74) is 2.79. The lowest BCUT2D eigenvalue weighted by molar-refractivity contribution is 0.0951. The van der Waals surface area contributed by atoms with Crippen molar-refractivity contribution in [1.82, 2.24) is 10.2 Å². The van der Waals surface area contributed by atoms with E-state index in [-0.39, 0.29) is 11.8 Å². The highest BCUT2D eigenvalue weighted by molar-refractivity contribution is 6.06. The molecule has 0 aliphatic heterocycles. The van der Waals surface area contributed by atoms with Gasteiger partial charge in [0, 0.05) is 29.9 Å². The Kier molecular flexibility index (Phi) is 6.09. The molecular weight excluding hydrogens is 302 g/mol. The van der Waals surface area contributed by atoms with Crippen molar-refractivity contribution in [2.24, 2.45) is 0 Å². The molecule has 0 aliphatic carbocycles. The maximum absolute atomic E-state index is 12.3. The van der Waals surface area contributed by atoms with Gasteiger partial charge in [-0.2, -0.15) is 0 Å². The Morgan fingerprint density at radius 1 is 0.958 bits per heavy atom. The molecule has 0 saturated heterocycles. The van der Waals surface area contributed by atoms with Crippen molar-refractivity contribution in [2.45, 2.75) is 6.92 Å². The predicted octanol–water partition coefficient (Wildman–Crippen LogP) is 2.54. The van der Waals surface area contributed by atoms with Gasteiger partial charge in [-0.1, -0.05) is 23.8 Å². The van der Waals surface area contributed by atoms with Gasteiger partial charge in [0.1, 0.15) is 0 Å². The average Bonchev–Trinajstić information content (AvgIpc) is 2.56. The van der Waals surface area contributed by atoms with Crippen molar-refractivity contribution in [3.05, 3.63) is 65.2 Å². The van der Waals surface area contributed by atoms with Crippen LogP contribution in [0.15, 0.2) is 48.5 Å². The molecule has 0 heterocycles.